The van der Waals surface area contributed by atoms with E-state index in [-0.39, 0.29) is 5.91 Å². The third-order valence-electron chi connectivity index (χ3n) is 3.34. The highest BCUT2D eigenvalue weighted by molar-refractivity contribution is 5.97. The minimum Gasteiger partial charge on any atom is -0.360 e. The molecule has 0 radical (unpaired) electrons. The lowest BCUT2D eigenvalue weighted by Crippen LogP contribution is -2.34. The van der Waals surface area contributed by atoms with E-state index >= 15 is 0 Å². The van der Waals surface area contributed by atoms with Crippen molar-refractivity contribution < 1.29 is 9.32 Å². The van der Waals surface area contributed by atoms with E-state index in [9.17, 15) is 4.79 Å². The molecule has 1 fully saturated rings. The maximum Gasteiger partial charge on any atom is 0.256 e. The van der Waals surface area contributed by atoms with Gasteiger partial charge in [0.1, 0.15) is 11.3 Å². The maximum absolute atomic E-state index is 11.8. The molecule has 0 unspecified atom stereocenters. The first-order valence-corrected chi connectivity index (χ1v) is 5.83. The van der Waals surface area contributed by atoms with Gasteiger partial charge in [0.05, 0.1) is 0 Å². The summed E-state index contributed by atoms with van der Waals surface area (Å²) >= 11 is 0. The summed E-state index contributed by atoms with van der Waals surface area (Å²) in [5.74, 6) is 1.05. The number of rotatable bonds is 1. The topological polar surface area (TPSA) is 67.2 Å². The third kappa shape index (κ3) is 1.51. The van der Waals surface area contributed by atoms with Crippen LogP contribution >= 0.6 is 0 Å². The molecule has 0 aliphatic carbocycles. The average Bonchev–Trinajstić information content (AvgIpc) is 2.75. The lowest BCUT2D eigenvalue weighted by Gasteiger charge is -2.22. The molecular weight excluding hydrogens is 206 g/mol. The molecule has 3 heterocycles. The number of amides is 1. The van der Waals surface area contributed by atoms with Crippen molar-refractivity contribution in [3.05, 3.63) is 17.0 Å². The molecule has 1 aromatic heterocycles. The number of carbonyl (C=O) groups is 1. The van der Waals surface area contributed by atoms with Gasteiger partial charge in [0.2, 0.25) is 0 Å². The van der Waals surface area contributed by atoms with Crippen LogP contribution in [0.1, 0.15) is 40.6 Å². The lowest BCUT2D eigenvalue weighted by molar-refractivity contribution is 0.0941. The number of aromatic nitrogens is 1. The molecule has 0 saturated carbocycles. The first kappa shape index (κ1) is 9.84. The van der Waals surface area contributed by atoms with Crippen LogP contribution in [0.15, 0.2) is 4.52 Å². The highest BCUT2D eigenvalue weighted by Gasteiger charge is 2.30. The van der Waals surface area contributed by atoms with Crippen molar-refractivity contribution in [3.8, 4) is 0 Å². The fourth-order valence-electron chi connectivity index (χ4n) is 2.49. The van der Waals surface area contributed by atoms with Crippen LogP contribution in [0.25, 0.3) is 0 Å². The fraction of sp³-hybridized carbons (Fsp3) is 0.636. The van der Waals surface area contributed by atoms with Gasteiger partial charge in [0, 0.05) is 25.4 Å². The largest absolute Gasteiger partial charge is 0.360 e. The number of nitrogens with one attached hydrogen (secondary N) is 2. The van der Waals surface area contributed by atoms with Crippen molar-refractivity contribution in [2.45, 2.75) is 25.2 Å². The summed E-state index contributed by atoms with van der Waals surface area (Å²) in [5.41, 5.74) is 1.54. The Labute approximate surface area is 93.6 Å². The second-order valence-corrected chi connectivity index (χ2v) is 4.42. The Hall–Kier alpha value is -1.36. The van der Waals surface area contributed by atoms with Crippen molar-refractivity contribution in [1.29, 1.82) is 0 Å². The fourth-order valence-corrected chi connectivity index (χ4v) is 2.49. The SMILES string of the molecule is O=C1NCCc2onc([C@H]3CCCNC3)c21. The van der Waals surface area contributed by atoms with Crippen LogP contribution in [0.2, 0.25) is 0 Å². The van der Waals surface area contributed by atoms with Gasteiger partial charge in [-0.05, 0) is 19.4 Å². The Morgan fingerprint density at radius 2 is 2.31 bits per heavy atom. The molecule has 0 spiro atoms. The van der Waals surface area contributed by atoms with Gasteiger partial charge >= 0.3 is 0 Å². The van der Waals surface area contributed by atoms with E-state index in [0.29, 0.717) is 18.0 Å². The van der Waals surface area contributed by atoms with Gasteiger partial charge in [-0.15, -0.1) is 0 Å². The van der Waals surface area contributed by atoms with Gasteiger partial charge in [-0.3, -0.25) is 4.79 Å². The zero-order valence-corrected chi connectivity index (χ0v) is 9.08. The number of piperidine rings is 1. The smallest absolute Gasteiger partial charge is 0.256 e. The van der Waals surface area contributed by atoms with E-state index in [1.165, 1.54) is 0 Å². The number of nitrogens with zero attached hydrogens (tertiary/aromatic N) is 1. The summed E-state index contributed by atoms with van der Waals surface area (Å²) < 4.78 is 5.27. The standard InChI is InChI=1S/C11H15N3O2/c15-11-9-8(3-5-13-11)16-14-10(9)7-2-1-4-12-6-7/h7,12H,1-6H2,(H,13,15)/t7-/m0/s1. The molecular formula is C11H15N3O2. The van der Waals surface area contributed by atoms with Crippen molar-refractivity contribution in [3.63, 3.8) is 0 Å². The summed E-state index contributed by atoms with van der Waals surface area (Å²) in [6, 6.07) is 0. The Balaban J connectivity index is 1.95. The van der Waals surface area contributed by atoms with Crippen LogP contribution in [0.5, 0.6) is 0 Å². The van der Waals surface area contributed by atoms with Gasteiger partial charge in [0.25, 0.3) is 5.91 Å². The predicted octanol–water partition coefficient (Wildman–Crippen LogP) is 0.427. The van der Waals surface area contributed by atoms with Crippen molar-refractivity contribution >= 4 is 5.91 Å². The quantitative estimate of drug-likeness (QED) is 0.721. The predicted molar refractivity (Wildman–Crippen MR) is 57.4 cm³/mol. The Kier molecular flexibility index (Phi) is 2.40. The molecule has 2 aliphatic heterocycles. The van der Waals surface area contributed by atoms with Gasteiger partial charge in [-0.25, -0.2) is 0 Å². The third-order valence-corrected chi connectivity index (χ3v) is 3.34. The second kappa shape index (κ2) is 3.90. The molecule has 16 heavy (non-hydrogen) atoms. The van der Waals surface area contributed by atoms with E-state index in [1.54, 1.807) is 0 Å². The first-order chi connectivity index (χ1) is 7.86. The van der Waals surface area contributed by atoms with Crippen molar-refractivity contribution in [1.82, 2.24) is 15.8 Å². The van der Waals surface area contributed by atoms with Crippen molar-refractivity contribution in [2.75, 3.05) is 19.6 Å². The molecule has 1 amide bonds. The summed E-state index contributed by atoms with van der Waals surface area (Å²) in [6.07, 6.45) is 2.97. The lowest BCUT2D eigenvalue weighted by atomic mass is 9.91. The van der Waals surface area contributed by atoms with Crippen LogP contribution in [0.4, 0.5) is 0 Å². The van der Waals surface area contributed by atoms with E-state index in [2.05, 4.69) is 15.8 Å². The zero-order valence-electron chi connectivity index (χ0n) is 9.08. The summed E-state index contributed by atoms with van der Waals surface area (Å²) in [7, 11) is 0. The monoisotopic (exact) mass is 221 g/mol. The molecule has 86 valence electrons. The van der Waals surface area contributed by atoms with E-state index in [1.807, 2.05) is 0 Å². The van der Waals surface area contributed by atoms with Gasteiger partial charge in [0.15, 0.2) is 5.76 Å². The number of hydrogen-bond donors (Lipinski definition) is 2. The Bertz CT molecular complexity index is 407. The van der Waals surface area contributed by atoms with Crippen LogP contribution in [0, 0.1) is 0 Å². The van der Waals surface area contributed by atoms with Crippen molar-refractivity contribution in [2.24, 2.45) is 0 Å². The molecule has 2 aliphatic rings. The zero-order chi connectivity index (χ0) is 11.0. The van der Waals surface area contributed by atoms with Gasteiger partial charge in [-0.2, -0.15) is 0 Å². The molecule has 2 N–H and O–H groups in total. The normalized spacial score (nSPS) is 25.0. The van der Waals surface area contributed by atoms with Gasteiger partial charge < -0.3 is 15.2 Å². The number of fused-ring (bicyclic) bond motifs is 1. The van der Waals surface area contributed by atoms with E-state index in [0.717, 1.165) is 43.8 Å². The molecule has 5 heteroatoms. The maximum atomic E-state index is 11.8. The molecule has 0 bridgehead atoms. The summed E-state index contributed by atoms with van der Waals surface area (Å²) in [6.45, 7) is 2.61. The first-order valence-electron chi connectivity index (χ1n) is 5.83. The minimum atomic E-state index is -0.0249. The van der Waals surface area contributed by atoms with Crippen LogP contribution < -0.4 is 10.6 Å². The molecule has 5 nitrogen and oxygen atoms in total. The minimum absolute atomic E-state index is 0.0249. The van der Waals surface area contributed by atoms with E-state index in [4.69, 9.17) is 4.52 Å². The number of hydrogen-bond acceptors (Lipinski definition) is 4. The second-order valence-electron chi connectivity index (χ2n) is 4.42. The van der Waals surface area contributed by atoms with Crippen LogP contribution in [-0.2, 0) is 6.42 Å². The highest BCUT2D eigenvalue weighted by atomic mass is 16.5. The molecule has 1 atom stereocenters. The van der Waals surface area contributed by atoms with Gasteiger partial charge in [-0.1, -0.05) is 5.16 Å². The molecule has 0 aromatic carbocycles. The van der Waals surface area contributed by atoms with Crippen LogP contribution in [0.3, 0.4) is 0 Å². The van der Waals surface area contributed by atoms with E-state index < -0.39 is 0 Å². The summed E-state index contributed by atoms with van der Waals surface area (Å²) in [4.78, 5) is 11.8. The highest BCUT2D eigenvalue weighted by Crippen LogP contribution is 2.28. The Morgan fingerprint density at radius 1 is 1.38 bits per heavy atom. The average molecular weight is 221 g/mol. The molecule has 3 rings (SSSR count). The number of carbonyl (C=O) groups excluding carboxylic acids is 1. The molecule has 1 aromatic rings. The molecule has 1 saturated heterocycles. The summed E-state index contributed by atoms with van der Waals surface area (Å²) in [5, 5.41) is 10.3. The van der Waals surface area contributed by atoms with Crippen LogP contribution in [-0.4, -0.2) is 30.7 Å². The Morgan fingerprint density at radius 3 is 3.12 bits per heavy atom.